The monoisotopic (exact) mass is 242 g/mol. The van der Waals surface area contributed by atoms with Crippen molar-refractivity contribution in [2.45, 2.75) is 71.8 Å². The molecule has 0 aromatic carbocycles. The molecule has 3 heteroatoms. The first-order valence-electron chi connectivity index (χ1n) is 7.05. The fourth-order valence-corrected chi connectivity index (χ4v) is 2.02. The molecule has 102 valence electrons. The minimum absolute atomic E-state index is 0.133. The topological polar surface area (TPSA) is 55.1 Å². The van der Waals surface area contributed by atoms with Crippen LogP contribution >= 0.6 is 0 Å². The lowest BCUT2D eigenvalue weighted by Gasteiger charge is -2.31. The third-order valence-corrected chi connectivity index (χ3v) is 3.67. The van der Waals surface area contributed by atoms with E-state index < -0.39 is 0 Å². The van der Waals surface area contributed by atoms with Crippen LogP contribution in [-0.4, -0.2) is 18.0 Å². The van der Waals surface area contributed by atoms with Gasteiger partial charge in [0, 0.05) is 11.5 Å². The van der Waals surface area contributed by atoms with Crippen LogP contribution in [0.4, 0.5) is 0 Å². The van der Waals surface area contributed by atoms with Crippen molar-refractivity contribution in [1.82, 2.24) is 5.32 Å². The van der Waals surface area contributed by atoms with Crippen LogP contribution in [0.5, 0.6) is 0 Å². The molecule has 0 spiro atoms. The van der Waals surface area contributed by atoms with Crippen molar-refractivity contribution < 1.29 is 4.79 Å². The molecule has 0 saturated carbocycles. The van der Waals surface area contributed by atoms with Gasteiger partial charge in [-0.25, -0.2) is 0 Å². The van der Waals surface area contributed by atoms with E-state index in [1.165, 1.54) is 0 Å². The van der Waals surface area contributed by atoms with Gasteiger partial charge in [-0.05, 0) is 39.2 Å². The van der Waals surface area contributed by atoms with Gasteiger partial charge < -0.3 is 11.1 Å². The van der Waals surface area contributed by atoms with E-state index in [4.69, 9.17) is 5.73 Å². The Morgan fingerprint density at radius 2 is 2.00 bits per heavy atom. The second-order valence-electron chi connectivity index (χ2n) is 5.19. The Bertz CT molecular complexity index is 218. The SMILES string of the molecule is CCCCC(CC)C(=O)NC(C)(CC)CCN. The molecule has 0 fully saturated rings. The minimum atomic E-state index is -0.133. The first-order chi connectivity index (χ1) is 8.02. The Morgan fingerprint density at radius 3 is 2.41 bits per heavy atom. The van der Waals surface area contributed by atoms with Gasteiger partial charge in [-0.1, -0.05) is 33.6 Å². The third-order valence-electron chi connectivity index (χ3n) is 3.67. The molecule has 3 N–H and O–H groups in total. The van der Waals surface area contributed by atoms with Crippen molar-refractivity contribution in [2.24, 2.45) is 11.7 Å². The first-order valence-corrected chi connectivity index (χ1v) is 7.05. The molecule has 3 nitrogen and oxygen atoms in total. The van der Waals surface area contributed by atoms with Gasteiger partial charge in [0.25, 0.3) is 0 Å². The molecule has 2 unspecified atom stereocenters. The summed E-state index contributed by atoms with van der Waals surface area (Å²) >= 11 is 0. The zero-order chi connectivity index (χ0) is 13.3. The minimum Gasteiger partial charge on any atom is -0.351 e. The van der Waals surface area contributed by atoms with Gasteiger partial charge in [0.2, 0.25) is 5.91 Å². The largest absolute Gasteiger partial charge is 0.351 e. The van der Waals surface area contributed by atoms with E-state index in [9.17, 15) is 4.79 Å². The zero-order valence-corrected chi connectivity index (χ0v) is 12.0. The van der Waals surface area contributed by atoms with Crippen LogP contribution < -0.4 is 11.1 Å². The molecule has 1 amide bonds. The summed E-state index contributed by atoms with van der Waals surface area (Å²) in [5.41, 5.74) is 5.47. The fourth-order valence-electron chi connectivity index (χ4n) is 2.02. The van der Waals surface area contributed by atoms with E-state index in [1.54, 1.807) is 0 Å². The van der Waals surface area contributed by atoms with Crippen LogP contribution in [0.3, 0.4) is 0 Å². The summed E-state index contributed by atoms with van der Waals surface area (Å²) in [6.45, 7) is 9.06. The molecule has 0 heterocycles. The number of nitrogens with two attached hydrogens (primary N) is 1. The summed E-state index contributed by atoms with van der Waals surface area (Å²) in [5, 5.41) is 3.18. The Balaban J connectivity index is 4.36. The number of hydrogen-bond donors (Lipinski definition) is 2. The summed E-state index contributed by atoms with van der Waals surface area (Å²) in [5.74, 6) is 0.373. The molecule has 0 aliphatic rings. The van der Waals surface area contributed by atoms with E-state index in [0.29, 0.717) is 6.54 Å². The van der Waals surface area contributed by atoms with Gasteiger partial charge >= 0.3 is 0 Å². The van der Waals surface area contributed by atoms with Crippen molar-refractivity contribution >= 4 is 5.91 Å². The quantitative estimate of drug-likeness (QED) is 0.653. The average Bonchev–Trinajstić information content (AvgIpc) is 2.30. The van der Waals surface area contributed by atoms with Crippen LogP contribution in [0.25, 0.3) is 0 Å². The van der Waals surface area contributed by atoms with Crippen LogP contribution in [-0.2, 0) is 4.79 Å². The summed E-state index contributed by atoms with van der Waals surface area (Å²) < 4.78 is 0. The highest BCUT2D eigenvalue weighted by Crippen LogP contribution is 2.18. The summed E-state index contributed by atoms with van der Waals surface area (Å²) in [6.07, 6.45) is 5.98. The second kappa shape index (κ2) is 8.51. The van der Waals surface area contributed by atoms with E-state index in [2.05, 4.69) is 33.0 Å². The molecule has 0 radical (unpaired) electrons. The van der Waals surface area contributed by atoms with Crippen LogP contribution in [0.1, 0.15) is 66.2 Å². The Hall–Kier alpha value is -0.570. The molecule has 0 aliphatic heterocycles. The van der Waals surface area contributed by atoms with Crippen molar-refractivity contribution in [1.29, 1.82) is 0 Å². The Morgan fingerprint density at radius 1 is 1.35 bits per heavy atom. The number of nitrogens with one attached hydrogen (secondary N) is 1. The van der Waals surface area contributed by atoms with E-state index in [0.717, 1.165) is 38.5 Å². The second-order valence-corrected chi connectivity index (χ2v) is 5.19. The molecular weight excluding hydrogens is 212 g/mol. The Labute approximate surface area is 107 Å². The van der Waals surface area contributed by atoms with Gasteiger partial charge in [0.05, 0.1) is 0 Å². The predicted octanol–water partition coefficient (Wildman–Crippen LogP) is 2.84. The molecule has 0 saturated heterocycles. The number of carbonyl (C=O) groups excluding carboxylic acids is 1. The summed E-state index contributed by atoms with van der Waals surface area (Å²) in [7, 11) is 0. The summed E-state index contributed by atoms with van der Waals surface area (Å²) in [4.78, 5) is 12.2. The summed E-state index contributed by atoms with van der Waals surface area (Å²) in [6, 6.07) is 0. The molecule has 17 heavy (non-hydrogen) atoms. The Kier molecular flexibility index (Phi) is 8.23. The first kappa shape index (κ1) is 16.4. The van der Waals surface area contributed by atoms with Gasteiger partial charge in [-0.15, -0.1) is 0 Å². The van der Waals surface area contributed by atoms with E-state index in [-0.39, 0.29) is 17.4 Å². The molecule has 0 aromatic rings. The highest BCUT2D eigenvalue weighted by Gasteiger charge is 2.26. The molecule has 0 aliphatic carbocycles. The van der Waals surface area contributed by atoms with E-state index >= 15 is 0 Å². The maximum absolute atomic E-state index is 12.2. The maximum atomic E-state index is 12.2. The van der Waals surface area contributed by atoms with Gasteiger partial charge in [0.15, 0.2) is 0 Å². The number of unbranched alkanes of at least 4 members (excludes halogenated alkanes) is 1. The number of carbonyl (C=O) groups is 1. The van der Waals surface area contributed by atoms with Crippen molar-refractivity contribution in [3.63, 3.8) is 0 Å². The van der Waals surface area contributed by atoms with Crippen LogP contribution in [0.15, 0.2) is 0 Å². The standard InChI is InChI=1S/C14H30N2O/c1-5-8-9-12(6-2)13(17)16-14(4,7-3)10-11-15/h12H,5-11,15H2,1-4H3,(H,16,17). The highest BCUT2D eigenvalue weighted by molar-refractivity contribution is 5.79. The lowest BCUT2D eigenvalue weighted by molar-refractivity contribution is -0.127. The zero-order valence-electron chi connectivity index (χ0n) is 12.0. The average molecular weight is 242 g/mol. The van der Waals surface area contributed by atoms with Crippen molar-refractivity contribution in [3.8, 4) is 0 Å². The van der Waals surface area contributed by atoms with Crippen molar-refractivity contribution in [3.05, 3.63) is 0 Å². The number of hydrogen-bond acceptors (Lipinski definition) is 2. The number of amides is 1. The number of rotatable bonds is 9. The highest BCUT2D eigenvalue weighted by atomic mass is 16.2. The molecular formula is C14H30N2O. The molecule has 2 atom stereocenters. The van der Waals surface area contributed by atoms with Gasteiger partial charge in [-0.3, -0.25) is 4.79 Å². The maximum Gasteiger partial charge on any atom is 0.223 e. The normalized spacial score (nSPS) is 16.3. The van der Waals surface area contributed by atoms with Gasteiger partial charge in [-0.2, -0.15) is 0 Å². The van der Waals surface area contributed by atoms with Crippen LogP contribution in [0, 0.1) is 5.92 Å². The molecule has 0 aromatic heterocycles. The third kappa shape index (κ3) is 6.06. The molecule has 0 bridgehead atoms. The fraction of sp³-hybridized carbons (Fsp3) is 0.929. The van der Waals surface area contributed by atoms with Crippen molar-refractivity contribution in [2.75, 3.05) is 6.54 Å². The molecule has 0 rings (SSSR count). The van der Waals surface area contributed by atoms with Gasteiger partial charge in [0.1, 0.15) is 0 Å². The smallest absolute Gasteiger partial charge is 0.223 e. The predicted molar refractivity (Wildman–Crippen MR) is 73.8 cm³/mol. The lowest BCUT2D eigenvalue weighted by Crippen LogP contribution is -2.49. The van der Waals surface area contributed by atoms with Crippen LogP contribution in [0.2, 0.25) is 0 Å². The lowest BCUT2D eigenvalue weighted by atomic mass is 9.91. The van der Waals surface area contributed by atoms with E-state index in [1.807, 2.05) is 0 Å².